The van der Waals surface area contributed by atoms with E-state index in [4.69, 9.17) is 10.5 Å². The Balaban J connectivity index is 2.44. The van der Waals surface area contributed by atoms with Crippen LogP contribution in [-0.4, -0.2) is 17.8 Å². The second kappa shape index (κ2) is 3.59. The molecule has 16 heavy (non-hydrogen) atoms. The number of rotatable bonds is 3. The molecule has 1 aliphatic rings. The van der Waals surface area contributed by atoms with Crippen molar-refractivity contribution in [1.29, 1.82) is 0 Å². The smallest absolute Gasteiger partial charge is 0.166 e. The predicted molar refractivity (Wildman–Crippen MR) is 54.4 cm³/mol. The molecular formula is C11H13F2NO2. The first kappa shape index (κ1) is 11.1. The number of halogens is 2. The molecule has 1 saturated carbocycles. The van der Waals surface area contributed by atoms with Crippen LogP contribution < -0.4 is 10.5 Å². The van der Waals surface area contributed by atoms with Gasteiger partial charge in [0.1, 0.15) is 0 Å². The minimum Gasteiger partial charge on any atom is -0.504 e. The molecule has 0 atom stereocenters. The summed E-state index contributed by atoms with van der Waals surface area (Å²) in [5.74, 6) is -2.51. The molecule has 0 heterocycles. The highest BCUT2D eigenvalue weighted by Gasteiger charge is 2.40. The van der Waals surface area contributed by atoms with Crippen LogP contribution in [0.3, 0.4) is 0 Å². The molecule has 0 saturated heterocycles. The van der Waals surface area contributed by atoms with Crippen molar-refractivity contribution < 1.29 is 18.6 Å². The summed E-state index contributed by atoms with van der Waals surface area (Å²) in [6, 6.07) is 0.824. The fourth-order valence-corrected chi connectivity index (χ4v) is 1.65. The fraction of sp³-hybridized carbons (Fsp3) is 0.455. The summed E-state index contributed by atoms with van der Waals surface area (Å²) < 4.78 is 31.4. The Morgan fingerprint density at radius 3 is 2.62 bits per heavy atom. The molecule has 3 nitrogen and oxygen atoms in total. The third-order valence-electron chi connectivity index (χ3n) is 2.89. The Morgan fingerprint density at radius 1 is 1.50 bits per heavy atom. The second-order valence-electron chi connectivity index (χ2n) is 4.24. The Morgan fingerprint density at radius 2 is 2.12 bits per heavy atom. The van der Waals surface area contributed by atoms with E-state index in [2.05, 4.69) is 0 Å². The largest absolute Gasteiger partial charge is 0.504 e. The summed E-state index contributed by atoms with van der Waals surface area (Å²) in [6.07, 6.45) is 1.63. The second-order valence-corrected chi connectivity index (χ2v) is 4.24. The highest BCUT2D eigenvalue weighted by Crippen LogP contribution is 2.41. The van der Waals surface area contributed by atoms with Crippen LogP contribution in [0.2, 0.25) is 0 Å². The normalized spacial score (nSPS) is 17.2. The zero-order chi connectivity index (χ0) is 11.9. The molecule has 0 aromatic heterocycles. The number of ether oxygens (including phenoxy) is 1. The number of nitrogens with two attached hydrogens (primary N) is 1. The molecule has 0 unspecified atom stereocenters. The zero-order valence-electron chi connectivity index (χ0n) is 8.89. The summed E-state index contributed by atoms with van der Waals surface area (Å²) in [5, 5.41) is 9.70. The lowest BCUT2D eigenvalue weighted by atomic mass is 10.0. The van der Waals surface area contributed by atoms with E-state index >= 15 is 0 Å². The van der Waals surface area contributed by atoms with Gasteiger partial charge in [0.05, 0.1) is 7.11 Å². The highest BCUT2D eigenvalue weighted by molar-refractivity contribution is 5.48. The van der Waals surface area contributed by atoms with E-state index in [0.29, 0.717) is 0 Å². The van der Waals surface area contributed by atoms with Gasteiger partial charge >= 0.3 is 0 Å². The van der Waals surface area contributed by atoms with Crippen LogP contribution in [0.1, 0.15) is 18.4 Å². The standard InChI is InChI=1S/C11H13F2NO2/c1-16-8-4-7(12)9(13)6(10(8)15)5-11(14)2-3-11/h4,15H,2-3,5,14H2,1H3. The number of phenols is 1. The Kier molecular flexibility index (Phi) is 2.50. The minimum absolute atomic E-state index is 0.0712. The number of phenolic OH excluding ortho intramolecular Hbond substituents is 1. The number of aromatic hydroxyl groups is 1. The lowest BCUT2D eigenvalue weighted by Crippen LogP contribution is -2.25. The van der Waals surface area contributed by atoms with Crippen molar-refractivity contribution in [2.24, 2.45) is 5.73 Å². The molecular weight excluding hydrogens is 216 g/mol. The molecule has 0 radical (unpaired) electrons. The van der Waals surface area contributed by atoms with Crippen LogP contribution in [-0.2, 0) is 6.42 Å². The summed E-state index contributed by atoms with van der Waals surface area (Å²) >= 11 is 0. The molecule has 0 bridgehead atoms. The van der Waals surface area contributed by atoms with Crippen LogP contribution in [0, 0.1) is 11.6 Å². The quantitative estimate of drug-likeness (QED) is 0.829. The lowest BCUT2D eigenvalue weighted by molar-refractivity contribution is 0.357. The van der Waals surface area contributed by atoms with Crippen LogP contribution in [0.25, 0.3) is 0 Å². The van der Waals surface area contributed by atoms with E-state index < -0.39 is 17.2 Å². The molecule has 0 amide bonds. The Labute approximate surface area is 91.8 Å². The first-order valence-corrected chi connectivity index (χ1v) is 4.99. The monoisotopic (exact) mass is 229 g/mol. The first-order chi connectivity index (χ1) is 7.47. The van der Waals surface area contributed by atoms with E-state index in [1.54, 1.807) is 0 Å². The molecule has 1 fully saturated rings. The van der Waals surface area contributed by atoms with E-state index in [9.17, 15) is 13.9 Å². The molecule has 0 aliphatic heterocycles. The molecule has 0 spiro atoms. The highest BCUT2D eigenvalue weighted by atomic mass is 19.2. The molecule has 2 rings (SSSR count). The van der Waals surface area contributed by atoms with Crippen LogP contribution >= 0.6 is 0 Å². The Hall–Kier alpha value is -1.36. The molecule has 3 N–H and O–H groups in total. The first-order valence-electron chi connectivity index (χ1n) is 4.99. The predicted octanol–water partition coefficient (Wildman–Crippen LogP) is 1.71. The molecule has 88 valence electrons. The maximum atomic E-state index is 13.5. The van der Waals surface area contributed by atoms with Gasteiger partial charge in [-0.1, -0.05) is 0 Å². The van der Waals surface area contributed by atoms with Crippen molar-refractivity contribution in [3.8, 4) is 11.5 Å². The molecule has 5 heteroatoms. The molecule has 1 aliphatic carbocycles. The van der Waals surface area contributed by atoms with E-state index in [0.717, 1.165) is 18.9 Å². The number of methoxy groups -OCH3 is 1. The topological polar surface area (TPSA) is 55.5 Å². The van der Waals surface area contributed by atoms with Crippen molar-refractivity contribution in [2.45, 2.75) is 24.8 Å². The lowest BCUT2D eigenvalue weighted by Gasteiger charge is -2.14. The van der Waals surface area contributed by atoms with Crippen LogP contribution in [0.5, 0.6) is 11.5 Å². The third kappa shape index (κ3) is 1.82. The summed E-state index contributed by atoms with van der Waals surface area (Å²) in [6.45, 7) is 0. The molecule has 1 aromatic carbocycles. The van der Waals surface area contributed by atoms with E-state index in [1.807, 2.05) is 0 Å². The van der Waals surface area contributed by atoms with Gasteiger partial charge in [-0.3, -0.25) is 0 Å². The zero-order valence-corrected chi connectivity index (χ0v) is 8.89. The summed E-state index contributed by atoms with van der Waals surface area (Å²) in [5.41, 5.74) is 5.21. The van der Waals surface area contributed by atoms with Gasteiger partial charge in [0.15, 0.2) is 23.1 Å². The summed E-state index contributed by atoms with van der Waals surface area (Å²) in [7, 11) is 1.28. The molecule has 1 aromatic rings. The van der Waals surface area contributed by atoms with Crippen molar-refractivity contribution in [3.05, 3.63) is 23.3 Å². The average Bonchev–Trinajstić information content (AvgIpc) is 2.97. The van der Waals surface area contributed by atoms with Crippen molar-refractivity contribution in [2.75, 3.05) is 7.11 Å². The van der Waals surface area contributed by atoms with Crippen molar-refractivity contribution >= 4 is 0 Å². The average molecular weight is 229 g/mol. The summed E-state index contributed by atoms with van der Waals surface area (Å²) in [4.78, 5) is 0. The van der Waals surface area contributed by atoms with Gasteiger partial charge in [-0.15, -0.1) is 0 Å². The van der Waals surface area contributed by atoms with Crippen molar-refractivity contribution in [3.63, 3.8) is 0 Å². The van der Waals surface area contributed by atoms with Gasteiger partial charge in [0.2, 0.25) is 0 Å². The third-order valence-corrected chi connectivity index (χ3v) is 2.89. The number of hydrogen-bond donors (Lipinski definition) is 2. The van der Waals surface area contributed by atoms with Crippen LogP contribution in [0.15, 0.2) is 6.07 Å². The van der Waals surface area contributed by atoms with Gasteiger partial charge in [0.25, 0.3) is 0 Å². The van der Waals surface area contributed by atoms with Crippen LogP contribution in [0.4, 0.5) is 8.78 Å². The van der Waals surface area contributed by atoms with Gasteiger partial charge in [-0.2, -0.15) is 0 Å². The van der Waals surface area contributed by atoms with Gasteiger partial charge in [-0.05, 0) is 19.3 Å². The SMILES string of the molecule is COc1cc(F)c(F)c(CC2(N)CC2)c1O. The van der Waals surface area contributed by atoms with Crippen molar-refractivity contribution in [1.82, 2.24) is 0 Å². The maximum Gasteiger partial charge on any atom is 0.166 e. The van der Waals surface area contributed by atoms with E-state index in [-0.39, 0.29) is 23.5 Å². The Bertz CT molecular complexity index is 430. The number of benzene rings is 1. The maximum absolute atomic E-state index is 13.5. The van der Waals surface area contributed by atoms with Gasteiger partial charge in [0, 0.05) is 17.2 Å². The number of hydrogen-bond acceptors (Lipinski definition) is 3. The minimum atomic E-state index is -1.05. The van der Waals surface area contributed by atoms with Gasteiger partial charge in [-0.25, -0.2) is 8.78 Å². The van der Waals surface area contributed by atoms with E-state index in [1.165, 1.54) is 7.11 Å². The van der Waals surface area contributed by atoms with Gasteiger partial charge < -0.3 is 15.6 Å². The fourth-order valence-electron chi connectivity index (χ4n) is 1.65.